The lowest BCUT2D eigenvalue weighted by atomic mass is 10.2. The Labute approximate surface area is 206 Å². The molecule has 1 N–H and O–H groups in total. The lowest BCUT2D eigenvalue weighted by molar-refractivity contribution is -0.384. The van der Waals surface area contributed by atoms with Crippen LogP contribution in [0.4, 0.5) is 11.4 Å². The lowest BCUT2D eigenvalue weighted by Gasteiger charge is -2.09. The number of carbonyl (C=O) groups excluding carboxylic acids is 1. The number of aromatic nitrogens is 3. The van der Waals surface area contributed by atoms with E-state index < -0.39 is 4.92 Å². The van der Waals surface area contributed by atoms with Crippen molar-refractivity contribution in [3.8, 4) is 28.8 Å². The van der Waals surface area contributed by atoms with E-state index in [9.17, 15) is 14.9 Å². The van der Waals surface area contributed by atoms with Crippen LogP contribution in [0.25, 0.3) is 17.1 Å². The number of benzene rings is 3. The lowest BCUT2D eigenvalue weighted by Crippen LogP contribution is -2.12. The Hall–Kier alpha value is -4.77. The molecule has 11 heteroatoms. The molecule has 1 heterocycles. The first kappa shape index (κ1) is 24.4. The van der Waals surface area contributed by atoms with E-state index in [-0.39, 0.29) is 17.6 Å². The molecule has 0 aliphatic heterocycles. The Bertz CT molecular complexity index is 1350. The fraction of sp³-hybridized carbons (Fsp3) is 0.160. The second-order valence-corrected chi connectivity index (χ2v) is 7.51. The van der Waals surface area contributed by atoms with Crippen molar-refractivity contribution >= 4 is 17.3 Å². The maximum atomic E-state index is 12.5. The standard InChI is InChI=1S/C25H23N5O6/c1-34-14-15-36-25-27-23(18-4-3-5-22(16-18)35-2)29(28-25)20-12-8-19(9-13-20)26-24(31)17-6-10-21(11-7-17)30(32)33/h3-13,16H,14-15H2,1-2H3,(H,26,31). The van der Waals surface area contributed by atoms with E-state index in [2.05, 4.69) is 15.4 Å². The van der Waals surface area contributed by atoms with Crippen molar-refractivity contribution in [2.24, 2.45) is 0 Å². The molecule has 184 valence electrons. The number of nitro benzene ring substituents is 1. The number of carbonyl (C=O) groups is 1. The number of rotatable bonds is 10. The first-order valence-electron chi connectivity index (χ1n) is 10.9. The van der Waals surface area contributed by atoms with Crippen molar-refractivity contribution in [2.45, 2.75) is 0 Å². The van der Waals surface area contributed by atoms with Crippen LogP contribution in [-0.4, -0.2) is 53.0 Å². The van der Waals surface area contributed by atoms with E-state index in [1.165, 1.54) is 24.3 Å². The van der Waals surface area contributed by atoms with Gasteiger partial charge in [0.2, 0.25) is 0 Å². The molecule has 0 aliphatic rings. The third kappa shape index (κ3) is 5.65. The van der Waals surface area contributed by atoms with Crippen molar-refractivity contribution in [1.29, 1.82) is 0 Å². The maximum absolute atomic E-state index is 12.5. The average molecular weight is 489 g/mol. The third-order valence-electron chi connectivity index (χ3n) is 5.14. The molecule has 4 rings (SSSR count). The van der Waals surface area contributed by atoms with Crippen LogP contribution in [0.5, 0.6) is 11.8 Å². The van der Waals surface area contributed by atoms with Crippen LogP contribution < -0.4 is 14.8 Å². The molecule has 0 radical (unpaired) electrons. The third-order valence-corrected chi connectivity index (χ3v) is 5.14. The summed E-state index contributed by atoms with van der Waals surface area (Å²) in [5, 5.41) is 18.1. The zero-order valence-corrected chi connectivity index (χ0v) is 19.6. The van der Waals surface area contributed by atoms with Crippen LogP contribution in [0, 0.1) is 10.1 Å². The van der Waals surface area contributed by atoms with Gasteiger partial charge in [-0.15, -0.1) is 5.10 Å². The summed E-state index contributed by atoms with van der Waals surface area (Å²) >= 11 is 0. The van der Waals surface area contributed by atoms with Gasteiger partial charge in [-0.05, 0) is 48.5 Å². The molecule has 1 aromatic heterocycles. The predicted molar refractivity (Wildman–Crippen MR) is 132 cm³/mol. The van der Waals surface area contributed by atoms with Crippen molar-refractivity contribution < 1.29 is 23.9 Å². The number of non-ortho nitro benzene ring substituents is 1. The highest BCUT2D eigenvalue weighted by atomic mass is 16.6. The Balaban J connectivity index is 1.57. The Kier molecular flexibility index (Phi) is 7.51. The number of methoxy groups -OCH3 is 2. The Morgan fingerprint density at radius 2 is 1.78 bits per heavy atom. The highest BCUT2D eigenvalue weighted by Gasteiger charge is 2.16. The summed E-state index contributed by atoms with van der Waals surface area (Å²) in [7, 11) is 3.17. The van der Waals surface area contributed by atoms with Gasteiger partial charge in [-0.2, -0.15) is 4.98 Å². The molecule has 0 fully saturated rings. The van der Waals surface area contributed by atoms with E-state index in [0.29, 0.717) is 41.7 Å². The van der Waals surface area contributed by atoms with E-state index in [1.807, 2.05) is 24.3 Å². The number of hydrogen-bond donors (Lipinski definition) is 1. The van der Waals surface area contributed by atoms with Crippen LogP contribution in [0.2, 0.25) is 0 Å². The highest BCUT2D eigenvalue weighted by Crippen LogP contribution is 2.27. The number of amides is 1. The molecule has 4 aromatic rings. The molecule has 11 nitrogen and oxygen atoms in total. The predicted octanol–water partition coefficient (Wildman–Crippen LogP) is 4.13. The zero-order valence-electron chi connectivity index (χ0n) is 19.6. The second-order valence-electron chi connectivity index (χ2n) is 7.51. The van der Waals surface area contributed by atoms with E-state index >= 15 is 0 Å². The molecule has 0 saturated heterocycles. The summed E-state index contributed by atoms with van der Waals surface area (Å²) in [5.41, 5.74) is 2.23. The van der Waals surface area contributed by atoms with Gasteiger partial charge in [0.05, 0.1) is 24.3 Å². The fourth-order valence-corrected chi connectivity index (χ4v) is 3.32. The van der Waals surface area contributed by atoms with Gasteiger partial charge in [-0.25, -0.2) is 4.68 Å². The summed E-state index contributed by atoms with van der Waals surface area (Å²) < 4.78 is 17.6. The van der Waals surface area contributed by atoms with E-state index in [4.69, 9.17) is 14.2 Å². The van der Waals surface area contributed by atoms with Gasteiger partial charge in [-0.3, -0.25) is 14.9 Å². The summed E-state index contributed by atoms with van der Waals surface area (Å²) in [6, 6.07) is 20.0. The maximum Gasteiger partial charge on any atom is 0.336 e. The number of hydrogen-bond acceptors (Lipinski definition) is 8. The number of nitrogens with one attached hydrogen (secondary N) is 1. The molecule has 0 atom stereocenters. The smallest absolute Gasteiger partial charge is 0.336 e. The molecule has 36 heavy (non-hydrogen) atoms. The molecule has 0 bridgehead atoms. The van der Waals surface area contributed by atoms with Gasteiger partial charge in [0.15, 0.2) is 5.82 Å². The van der Waals surface area contributed by atoms with Crippen LogP contribution >= 0.6 is 0 Å². The average Bonchev–Trinajstić information content (AvgIpc) is 3.33. The quantitative estimate of drug-likeness (QED) is 0.200. The first-order valence-corrected chi connectivity index (χ1v) is 10.9. The minimum Gasteiger partial charge on any atom is -0.497 e. The summed E-state index contributed by atoms with van der Waals surface area (Å²) in [5.74, 6) is 0.835. The second kappa shape index (κ2) is 11.1. The Morgan fingerprint density at radius 1 is 1.03 bits per heavy atom. The number of nitrogens with zero attached hydrogens (tertiary/aromatic N) is 4. The molecule has 0 aliphatic carbocycles. The first-order chi connectivity index (χ1) is 17.5. The summed E-state index contributed by atoms with van der Waals surface area (Å²) in [6.07, 6.45) is 0. The molecular weight excluding hydrogens is 466 g/mol. The summed E-state index contributed by atoms with van der Waals surface area (Å²) in [6.45, 7) is 0.692. The zero-order chi connectivity index (χ0) is 25.5. The molecule has 3 aromatic carbocycles. The van der Waals surface area contributed by atoms with Crippen molar-refractivity contribution in [3.63, 3.8) is 0 Å². The molecular formula is C25H23N5O6. The van der Waals surface area contributed by atoms with Crippen molar-refractivity contribution in [3.05, 3.63) is 88.5 Å². The van der Waals surface area contributed by atoms with E-state index in [0.717, 1.165) is 5.56 Å². The van der Waals surface area contributed by atoms with Gasteiger partial charge < -0.3 is 19.5 Å². The number of anilines is 1. The largest absolute Gasteiger partial charge is 0.497 e. The monoisotopic (exact) mass is 489 g/mol. The van der Waals surface area contributed by atoms with Gasteiger partial charge in [0.25, 0.3) is 11.6 Å². The summed E-state index contributed by atoms with van der Waals surface area (Å²) in [4.78, 5) is 27.4. The van der Waals surface area contributed by atoms with Crippen LogP contribution in [0.1, 0.15) is 10.4 Å². The number of nitro groups is 1. The van der Waals surface area contributed by atoms with Crippen LogP contribution in [0.3, 0.4) is 0 Å². The van der Waals surface area contributed by atoms with Crippen molar-refractivity contribution in [2.75, 3.05) is 32.8 Å². The SMILES string of the molecule is COCCOc1nc(-c2cccc(OC)c2)n(-c2ccc(NC(=O)c3ccc([N+](=O)[O-])cc3)cc2)n1. The van der Waals surface area contributed by atoms with Gasteiger partial charge >= 0.3 is 6.01 Å². The molecule has 1 amide bonds. The van der Waals surface area contributed by atoms with Gasteiger partial charge in [0, 0.05) is 36.1 Å². The Morgan fingerprint density at radius 3 is 2.44 bits per heavy atom. The fourth-order valence-electron chi connectivity index (χ4n) is 3.32. The van der Waals surface area contributed by atoms with Gasteiger partial charge in [0.1, 0.15) is 12.4 Å². The molecule has 0 saturated carbocycles. The van der Waals surface area contributed by atoms with Gasteiger partial charge in [-0.1, -0.05) is 12.1 Å². The van der Waals surface area contributed by atoms with Crippen LogP contribution in [0.15, 0.2) is 72.8 Å². The van der Waals surface area contributed by atoms with Crippen LogP contribution in [-0.2, 0) is 4.74 Å². The molecule has 0 unspecified atom stereocenters. The van der Waals surface area contributed by atoms with Crippen molar-refractivity contribution in [1.82, 2.24) is 14.8 Å². The number of ether oxygens (including phenoxy) is 3. The van der Waals surface area contributed by atoms with E-state index in [1.54, 1.807) is 43.2 Å². The minimum atomic E-state index is -0.516. The normalized spacial score (nSPS) is 10.6. The highest BCUT2D eigenvalue weighted by molar-refractivity contribution is 6.04. The molecule has 0 spiro atoms. The topological polar surface area (TPSA) is 131 Å². The minimum absolute atomic E-state index is 0.0823.